The Morgan fingerprint density at radius 1 is 1.78 bits per heavy atom. The maximum absolute atomic E-state index is 8.70. The predicted octanol–water partition coefficient (Wildman–Crippen LogP) is 0.00500. The first-order valence-electron chi connectivity index (χ1n) is 3.09. The topological polar surface area (TPSA) is 44.6 Å². The second kappa shape index (κ2) is 5.72. The van der Waals surface area contributed by atoms with Crippen LogP contribution in [0.5, 0.6) is 0 Å². The second-order valence-electron chi connectivity index (χ2n) is 1.86. The summed E-state index contributed by atoms with van der Waals surface area (Å²) in [6, 6.07) is 0. The van der Waals surface area contributed by atoms with Gasteiger partial charge in [-0.05, 0) is 19.6 Å². The molecule has 3 heteroatoms. The molecule has 0 rings (SSSR count). The van der Waals surface area contributed by atoms with Crippen molar-refractivity contribution < 1.29 is 5.11 Å². The summed E-state index contributed by atoms with van der Waals surface area (Å²) in [7, 11) is 1.74. The first-order valence-corrected chi connectivity index (χ1v) is 3.09. The van der Waals surface area contributed by atoms with E-state index in [9.17, 15) is 0 Å². The molecule has 0 aromatic carbocycles. The molecule has 0 saturated heterocycles. The number of aliphatic imine (C=N–C) groups is 1. The van der Waals surface area contributed by atoms with Gasteiger partial charge in [-0.3, -0.25) is 5.32 Å². The standard InChI is InChI=1S/C6H14N2O/c1-6(9)8-5-3-4-7-2/h4,6,8-9H,3,5H2,1-2H3/b7-4-. The Morgan fingerprint density at radius 2 is 2.44 bits per heavy atom. The van der Waals surface area contributed by atoms with Crippen molar-refractivity contribution in [3.05, 3.63) is 0 Å². The van der Waals surface area contributed by atoms with E-state index in [1.54, 1.807) is 14.0 Å². The molecule has 54 valence electrons. The number of nitrogens with zero attached hydrogens (tertiary/aromatic N) is 1. The first-order chi connectivity index (χ1) is 4.27. The summed E-state index contributed by atoms with van der Waals surface area (Å²) in [5.41, 5.74) is 0. The minimum atomic E-state index is -0.407. The summed E-state index contributed by atoms with van der Waals surface area (Å²) >= 11 is 0. The molecule has 0 radical (unpaired) electrons. The molecule has 0 aliphatic carbocycles. The smallest absolute Gasteiger partial charge is 0.102 e. The molecule has 9 heavy (non-hydrogen) atoms. The number of nitrogens with one attached hydrogen (secondary N) is 1. The highest BCUT2D eigenvalue weighted by Crippen LogP contribution is 1.73. The van der Waals surface area contributed by atoms with Crippen molar-refractivity contribution in [2.24, 2.45) is 4.99 Å². The zero-order valence-corrected chi connectivity index (χ0v) is 5.96. The largest absolute Gasteiger partial charge is 0.379 e. The Morgan fingerprint density at radius 3 is 2.89 bits per heavy atom. The van der Waals surface area contributed by atoms with Crippen LogP contribution in [0, 0.1) is 0 Å². The normalized spacial score (nSPS) is 14.6. The molecular formula is C6H14N2O. The lowest BCUT2D eigenvalue weighted by Gasteiger charge is -2.03. The molecule has 0 aromatic rings. The molecule has 0 aromatic heterocycles. The Hall–Kier alpha value is -0.410. The number of aliphatic hydroxyl groups excluding tert-OH is 1. The van der Waals surface area contributed by atoms with Crippen molar-refractivity contribution >= 4 is 6.21 Å². The fraction of sp³-hybridized carbons (Fsp3) is 0.833. The van der Waals surface area contributed by atoms with Gasteiger partial charge < -0.3 is 10.1 Å². The molecule has 0 spiro atoms. The van der Waals surface area contributed by atoms with E-state index >= 15 is 0 Å². The lowest BCUT2D eigenvalue weighted by Crippen LogP contribution is -2.26. The summed E-state index contributed by atoms with van der Waals surface area (Å²) in [6.07, 6.45) is 2.28. The highest BCUT2D eigenvalue weighted by atomic mass is 16.3. The predicted molar refractivity (Wildman–Crippen MR) is 38.7 cm³/mol. The van der Waals surface area contributed by atoms with Gasteiger partial charge in [-0.1, -0.05) is 0 Å². The van der Waals surface area contributed by atoms with Crippen LogP contribution in [0.25, 0.3) is 0 Å². The third-order valence-corrected chi connectivity index (χ3v) is 0.896. The average Bonchev–Trinajstić information content (AvgIpc) is 1.80. The van der Waals surface area contributed by atoms with Gasteiger partial charge in [0.25, 0.3) is 0 Å². The molecule has 0 amide bonds. The van der Waals surface area contributed by atoms with Gasteiger partial charge in [0.15, 0.2) is 0 Å². The van der Waals surface area contributed by atoms with Gasteiger partial charge in [0, 0.05) is 13.6 Å². The minimum absolute atomic E-state index is 0.407. The van der Waals surface area contributed by atoms with E-state index in [4.69, 9.17) is 5.11 Å². The van der Waals surface area contributed by atoms with Gasteiger partial charge in [0.2, 0.25) is 0 Å². The fourth-order valence-electron chi connectivity index (χ4n) is 0.486. The Labute approximate surface area is 55.8 Å². The molecule has 0 bridgehead atoms. The summed E-state index contributed by atoms with van der Waals surface area (Å²) in [5, 5.41) is 11.5. The van der Waals surface area contributed by atoms with Gasteiger partial charge >= 0.3 is 0 Å². The molecule has 0 fully saturated rings. The number of hydrogen-bond donors (Lipinski definition) is 2. The molecule has 1 atom stereocenters. The van der Waals surface area contributed by atoms with Crippen LogP contribution in [-0.4, -0.2) is 31.1 Å². The van der Waals surface area contributed by atoms with Crippen molar-refractivity contribution in [2.45, 2.75) is 19.6 Å². The van der Waals surface area contributed by atoms with Crippen LogP contribution in [0.4, 0.5) is 0 Å². The zero-order valence-electron chi connectivity index (χ0n) is 5.96. The molecule has 2 N–H and O–H groups in total. The van der Waals surface area contributed by atoms with Crippen LogP contribution in [0.15, 0.2) is 4.99 Å². The van der Waals surface area contributed by atoms with Crippen LogP contribution in [0.3, 0.4) is 0 Å². The molecular weight excluding hydrogens is 116 g/mol. The van der Waals surface area contributed by atoms with E-state index in [0.29, 0.717) is 0 Å². The maximum atomic E-state index is 8.70. The highest BCUT2D eigenvalue weighted by molar-refractivity contribution is 5.56. The van der Waals surface area contributed by atoms with Crippen LogP contribution < -0.4 is 5.32 Å². The lowest BCUT2D eigenvalue weighted by atomic mass is 10.4. The SMILES string of the molecule is C/N=C\CCNC(C)O. The maximum Gasteiger partial charge on any atom is 0.102 e. The monoisotopic (exact) mass is 130 g/mol. The summed E-state index contributed by atoms with van der Waals surface area (Å²) in [5.74, 6) is 0. The average molecular weight is 130 g/mol. The summed E-state index contributed by atoms with van der Waals surface area (Å²) in [6.45, 7) is 2.48. The quantitative estimate of drug-likeness (QED) is 0.320. The van der Waals surface area contributed by atoms with E-state index in [-0.39, 0.29) is 0 Å². The van der Waals surface area contributed by atoms with E-state index in [0.717, 1.165) is 13.0 Å². The first kappa shape index (κ1) is 8.59. The van der Waals surface area contributed by atoms with E-state index in [2.05, 4.69) is 10.3 Å². The van der Waals surface area contributed by atoms with Crippen LogP contribution in [0.1, 0.15) is 13.3 Å². The fourth-order valence-corrected chi connectivity index (χ4v) is 0.486. The van der Waals surface area contributed by atoms with Crippen molar-refractivity contribution in [3.8, 4) is 0 Å². The van der Waals surface area contributed by atoms with Gasteiger partial charge in [-0.25, -0.2) is 0 Å². The van der Waals surface area contributed by atoms with E-state index in [1.807, 2.05) is 6.21 Å². The molecule has 0 aliphatic heterocycles. The van der Waals surface area contributed by atoms with Crippen molar-refractivity contribution in [3.63, 3.8) is 0 Å². The van der Waals surface area contributed by atoms with E-state index < -0.39 is 6.23 Å². The molecule has 0 aliphatic rings. The Kier molecular flexibility index (Phi) is 5.46. The lowest BCUT2D eigenvalue weighted by molar-refractivity contribution is 0.158. The summed E-state index contributed by atoms with van der Waals surface area (Å²) < 4.78 is 0. The third kappa shape index (κ3) is 7.59. The second-order valence-corrected chi connectivity index (χ2v) is 1.86. The van der Waals surface area contributed by atoms with Gasteiger partial charge in [0.1, 0.15) is 6.23 Å². The third-order valence-electron chi connectivity index (χ3n) is 0.896. The van der Waals surface area contributed by atoms with Crippen LogP contribution in [-0.2, 0) is 0 Å². The van der Waals surface area contributed by atoms with Gasteiger partial charge in [-0.2, -0.15) is 0 Å². The number of aliphatic hydroxyl groups is 1. The highest BCUT2D eigenvalue weighted by Gasteiger charge is 1.88. The van der Waals surface area contributed by atoms with Crippen molar-refractivity contribution in [2.75, 3.05) is 13.6 Å². The van der Waals surface area contributed by atoms with Crippen molar-refractivity contribution in [1.29, 1.82) is 0 Å². The molecule has 3 nitrogen and oxygen atoms in total. The Balaban J connectivity index is 2.91. The summed E-state index contributed by atoms with van der Waals surface area (Å²) in [4.78, 5) is 3.79. The molecule has 1 unspecified atom stereocenters. The Bertz CT molecular complexity index is 81.1. The van der Waals surface area contributed by atoms with E-state index in [1.165, 1.54) is 0 Å². The number of rotatable bonds is 4. The molecule has 0 heterocycles. The zero-order chi connectivity index (χ0) is 7.11. The number of hydrogen-bond acceptors (Lipinski definition) is 3. The van der Waals surface area contributed by atoms with Crippen molar-refractivity contribution in [1.82, 2.24) is 5.32 Å². The molecule has 0 saturated carbocycles. The van der Waals surface area contributed by atoms with Gasteiger partial charge in [-0.15, -0.1) is 0 Å². The van der Waals surface area contributed by atoms with Crippen LogP contribution >= 0.6 is 0 Å². The minimum Gasteiger partial charge on any atom is -0.379 e. The van der Waals surface area contributed by atoms with Gasteiger partial charge in [0.05, 0.1) is 0 Å². The van der Waals surface area contributed by atoms with Crippen LogP contribution in [0.2, 0.25) is 0 Å².